The summed E-state index contributed by atoms with van der Waals surface area (Å²) < 4.78 is 63.5. The van der Waals surface area contributed by atoms with Gasteiger partial charge in [-0.05, 0) is 54.0 Å². The van der Waals surface area contributed by atoms with Crippen molar-refractivity contribution in [3.63, 3.8) is 0 Å². The minimum absolute atomic E-state index is 0. The molecule has 343 valence electrons. The fraction of sp³-hybridized carbons (Fsp3) is 0.574. The summed E-state index contributed by atoms with van der Waals surface area (Å²) in [6.45, 7) is 36.7. The Bertz CT molecular complexity index is 2140. The molecule has 0 aliphatic rings. The normalized spacial score (nSPS) is 14.0. The number of carbonyl (C=O) groups is 1. The SMILES string of the molecule is C[Si](C)(C)CC(F)(C[Si](C)(C)C)C(=O)/C=C(\O)C(F)(C[Si](C)(C)C)C[Si](C)(C)C.Cc1c(C(F)(F)C[Si](C)(C)C)sc2c(-c3[c-]c4ccccc4c(C(C)C)c3)nccc12.[Ir]. The molecule has 0 saturated heterocycles. The molecule has 0 fully saturated rings. The van der Waals surface area contributed by atoms with Crippen LogP contribution < -0.4 is 0 Å². The number of ketones is 1. The van der Waals surface area contributed by atoms with Gasteiger partial charge in [0.1, 0.15) is 5.76 Å². The fourth-order valence-electron chi connectivity index (χ4n) is 8.52. The summed E-state index contributed by atoms with van der Waals surface area (Å²) >= 11 is 1.20. The van der Waals surface area contributed by atoms with Gasteiger partial charge in [-0.2, -0.15) is 0 Å². The molecular weight excluding hydrogens is 1050 g/mol. The van der Waals surface area contributed by atoms with E-state index in [1.807, 2.05) is 84.0 Å². The van der Waals surface area contributed by atoms with Gasteiger partial charge in [0.05, 0.1) is 13.0 Å². The van der Waals surface area contributed by atoms with Gasteiger partial charge in [0.25, 0.3) is 5.92 Å². The summed E-state index contributed by atoms with van der Waals surface area (Å²) in [7, 11) is -9.47. The number of aromatic nitrogens is 1. The van der Waals surface area contributed by atoms with Crippen LogP contribution in [0.15, 0.2) is 54.4 Å². The molecule has 1 N–H and O–H groups in total. The van der Waals surface area contributed by atoms with E-state index in [0.717, 1.165) is 32.8 Å². The fourth-order valence-corrected chi connectivity index (χ4v) is 19.9. The monoisotopic (exact) mass is 1130 g/mol. The first kappa shape index (κ1) is 55.6. The van der Waals surface area contributed by atoms with Crippen LogP contribution in [-0.2, 0) is 30.8 Å². The zero-order chi connectivity index (χ0) is 46.2. The molecule has 2 aromatic carbocycles. The van der Waals surface area contributed by atoms with Crippen molar-refractivity contribution in [2.45, 2.75) is 172 Å². The second-order valence-corrected chi connectivity index (χ2v) is 52.0. The number of halogens is 4. The first-order valence-corrected chi connectivity index (χ1v) is 40.8. The molecule has 0 aliphatic carbocycles. The van der Waals surface area contributed by atoms with Gasteiger partial charge in [-0.25, -0.2) is 17.6 Å². The molecule has 0 unspecified atom stereocenters. The van der Waals surface area contributed by atoms with E-state index in [1.165, 1.54) is 22.3 Å². The maximum absolute atomic E-state index is 16.1. The van der Waals surface area contributed by atoms with Crippen molar-refractivity contribution in [2.24, 2.45) is 0 Å². The Balaban J connectivity index is 0.000000415. The predicted molar refractivity (Wildman–Crippen MR) is 268 cm³/mol. The topological polar surface area (TPSA) is 50.2 Å². The van der Waals surface area contributed by atoms with Gasteiger partial charge in [0.15, 0.2) is 17.1 Å². The third-order valence-electron chi connectivity index (χ3n) is 10.0. The molecule has 0 bridgehead atoms. The van der Waals surface area contributed by atoms with E-state index in [2.05, 4.69) is 82.4 Å². The molecule has 3 nitrogen and oxygen atoms in total. The minimum atomic E-state index is -2.81. The number of carbonyl (C=O) groups excluding carboxylic acids is 1. The van der Waals surface area contributed by atoms with Gasteiger partial charge in [-0.15, -0.1) is 40.5 Å². The van der Waals surface area contributed by atoms with Crippen molar-refractivity contribution in [2.75, 3.05) is 0 Å². The first-order chi connectivity index (χ1) is 26.9. The molecule has 0 saturated carbocycles. The number of rotatable bonds is 16. The van der Waals surface area contributed by atoms with Gasteiger partial charge in [-0.3, -0.25) is 9.78 Å². The summed E-state index contributed by atoms with van der Waals surface area (Å²) in [5.74, 6) is -3.78. The number of hydrogen-bond acceptors (Lipinski definition) is 4. The average Bonchev–Trinajstić information content (AvgIpc) is 3.37. The van der Waals surface area contributed by atoms with Crippen LogP contribution in [0.5, 0.6) is 0 Å². The number of nitrogens with zero attached hydrogens (tertiary/aromatic N) is 1. The van der Waals surface area contributed by atoms with Crippen LogP contribution >= 0.6 is 11.3 Å². The maximum atomic E-state index is 16.1. The van der Waals surface area contributed by atoms with E-state index >= 15 is 17.6 Å². The number of aliphatic hydroxyl groups is 1. The Morgan fingerprint density at radius 1 is 0.738 bits per heavy atom. The molecule has 0 aliphatic heterocycles. The van der Waals surface area contributed by atoms with Gasteiger partial charge in [0, 0.05) is 81.1 Å². The Morgan fingerprint density at radius 3 is 1.66 bits per heavy atom. The van der Waals surface area contributed by atoms with E-state index < -0.39 is 69.2 Å². The van der Waals surface area contributed by atoms with Crippen molar-refractivity contribution in [1.82, 2.24) is 4.98 Å². The summed E-state index contributed by atoms with van der Waals surface area (Å²) in [5, 5.41) is 13.9. The number of aliphatic hydroxyl groups excluding tert-OH is 1. The largest absolute Gasteiger partial charge is 0.509 e. The molecule has 14 heteroatoms. The Labute approximate surface area is 388 Å². The number of thiophene rings is 1. The van der Waals surface area contributed by atoms with Gasteiger partial charge >= 0.3 is 0 Å². The van der Waals surface area contributed by atoms with Crippen LogP contribution in [0.2, 0.25) is 128 Å². The number of allylic oxidation sites excluding steroid dienone is 2. The molecule has 0 spiro atoms. The van der Waals surface area contributed by atoms with Gasteiger partial charge in [-0.1, -0.05) is 141 Å². The van der Waals surface area contributed by atoms with Crippen molar-refractivity contribution >= 4 is 78.3 Å². The number of fused-ring (bicyclic) bond motifs is 2. The van der Waals surface area contributed by atoms with Crippen LogP contribution in [-0.4, -0.2) is 67.6 Å². The third-order valence-corrected chi connectivity index (χ3v) is 19.4. The van der Waals surface area contributed by atoms with E-state index in [1.54, 1.807) is 6.20 Å². The summed E-state index contributed by atoms with van der Waals surface area (Å²) in [6, 6.07) is 16.5. The number of hydrogen-bond donors (Lipinski definition) is 1. The van der Waals surface area contributed by atoms with Crippen molar-refractivity contribution in [3.8, 4) is 11.3 Å². The van der Waals surface area contributed by atoms with E-state index in [-0.39, 0.29) is 55.2 Å². The van der Waals surface area contributed by atoms with E-state index in [9.17, 15) is 9.90 Å². The van der Waals surface area contributed by atoms with E-state index in [0.29, 0.717) is 11.5 Å². The second kappa shape index (κ2) is 19.9. The van der Waals surface area contributed by atoms with Crippen molar-refractivity contribution in [3.05, 3.63) is 76.5 Å². The van der Waals surface area contributed by atoms with Gasteiger partial charge < -0.3 is 5.11 Å². The quantitative estimate of drug-likeness (QED) is 0.0400. The zero-order valence-corrected chi connectivity index (χ0v) is 48.5. The van der Waals surface area contributed by atoms with Crippen LogP contribution in [0.4, 0.5) is 17.6 Å². The molecule has 2 heterocycles. The maximum Gasteiger partial charge on any atom is 0.280 e. The van der Waals surface area contributed by atoms with E-state index in [4.69, 9.17) is 0 Å². The van der Waals surface area contributed by atoms with Crippen molar-refractivity contribution < 1.29 is 47.6 Å². The average molecular weight is 1130 g/mol. The van der Waals surface area contributed by atoms with Crippen LogP contribution in [0, 0.1) is 13.0 Å². The first-order valence-electron chi connectivity index (χ1n) is 21.4. The summed E-state index contributed by atoms with van der Waals surface area (Å²) in [6.07, 6.45) is 2.65. The van der Waals surface area contributed by atoms with Crippen LogP contribution in [0.3, 0.4) is 0 Å². The number of pyridine rings is 1. The second-order valence-electron chi connectivity index (χ2n) is 23.6. The number of benzene rings is 2. The van der Waals surface area contributed by atoms with Crippen LogP contribution in [0.25, 0.3) is 32.1 Å². The minimum Gasteiger partial charge on any atom is -0.509 e. The predicted octanol–water partition coefficient (Wildman–Crippen LogP) is 16.5. The van der Waals surface area contributed by atoms with Crippen LogP contribution in [0.1, 0.15) is 35.8 Å². The Hall–Kier alpha value is -1.53. The van der Waals surface area contributed by atoms with Gasteiger partial charge in [0.2, 0.25) is 0 Å². The smallest absolute Gasteiger partial charge is 0.280 e. The Morgan fingerprint density at radius 2 is 1.20 bits per heavy atom. The third kappa shape index (κ3) is 16.1. The molecule has 4 rings (SSSR count). The Kier molecular flexibility index (Phi) is 18.2. The summed E-state index contributed by atoms with van der Waals surface area (Å²) in [5.41, 5.74) is -0.438. The number of alkyl halides is 4. The molecule has 1 radical (unpaired) electrons. The molecule has 0 amide bonds. The zero-order valence-electron chi connectivity index (χ0n) is 40.3. The molecular formula is C47H74F4IrNO2SSi5-. The molecule has 2 aromatic heterocycles. The molecule has 61 heavy (non-hydrogen) atoms. The van der Waals surface area contributed by atoms with Crippen molar-refractivity contribution in [1.29, 1.82) is 0 Å². The molecule has 4 aromatic rings. The standard InChI is InChI=1S/C26H28F2NSSi.C21H46F2O2Si4.Ir/c1-16(2)22-14-19(13-18-9-7-8-10-21(18)22)23-24-20(11-12-29-23)17(3)25(30-24)26(27,28)15-31(4,5)6;1-26(2,3)14-20(22,15-27(4,5)6)18(24)13-19(25)21(23,16-28(7,8)9)17-29(10,11)12;/h7-12,14,16H,15H2,1-6H3;13,24H,14-17H2,1-12H3;/q-1;;/b;18-13-;. The molecule has 0 atom stereocenters. The number of aryl methyl sites for hydroxylation is 1. The summed E-state index contributed by atoms with van der Waals surface area (Å²) in [4.78, 5) is 17.9.